The third-order valence-electron chi connectivity index (χ3n) is 4.13. The number of nitrogens with two attached hydrogens (primary N) is 1. The van der Waals surface area contributed by atoms with Gasteiger partial charge in [0.25, 0.3) is 5.91 Å². The van der Waals surface area contributed by atoms with E-state index < -0.39 is 11.9 Å². The van der Waals surface area contributed by atoms with E-state index in [1.807, 2.05) is 6.26 Å². The summed E-state index contributed by atoms with van der Waals surface area (Å²) >= 11 is 1.53. The third-order valence-corrected chi connectivity index (χ3v) is 4.86. The quantitative estimate of drug-likeness (QED) is 0.602. The number of hydrogen-bond donors (Lipinski definition) is 1. The fourth-order valence-electron chi connectivity index (χ4n) is 2.70. The number of rotatable bonds is 6. The molecule has 0 saturated carbocycles. The number of amides is 2. The summed E-state index contributed by atoms with van der Waals surface area (Å²) in [5.74, 6) is -1.31. The van der Waals surface area contributed by atoms with Crippen LogP contribution in [0.15, 0.2) is 23.1 Å². The van der Waals surface area contributed by atoms with Crippen molar-refractivity contribution in [1.29, 1.82) is 0 Å². The minimum Gasteiger partial charge on any atom is -0.496 e. The minimum absolute atomic E-state index is 0.266. The summed E-state index contributed by atoms with van der Waals surface area (Å²) in [6, 6.07) is 5.14. The summed E-state index contributed by atoms with van der Waals surface area (Å²) in [4.78, 5) is 38.2. The fraction of sp³-hybridized carbons (Fsp3) is 0.471. The molecule has 1 atom stereocenters. The predicted octanol–water partition coefficient (Wildman–Crippen LogP) is 1.30. The van der Waals surface area contributed by atoms with Crippen molar-refractivity contribution in [1.82, 2.24) is 4.90 Å². The Morgan fingerprint density at radius 2 is 2.12 bits per heavy atom. The Morgan fingerprint density at radius 1 is 1.36 bits per heavy atom. The Bertz CT molecular complexity index is 664. The highest BCUT2D eigenvalue weighted by molar-refractivity contribution is 7.98. The molecule has 1 aromatic rings. The van der Waals surface area contributed by atoms with Crippen molar-refractivity contribution in [2.24, 2.45) is 11.7 Å². The molecule has 1 saturated heterocycles. The summed E-state index contributed by atoms with van der Waals surface area (Å²) in [5.41, 5.74) is 5.57. The molecule has 8 heteroatoms. The Hall–Kier alpha value is -2.22. The summed E-state index contributed by atoms with van der Waals surface area (Å²) in [6.45, 7) is 0.432. The van der Waals surface area contributed by atoms with Crippen LogP contribution in [0.4, 0.5) is 0 Å². The van der Waals surface area contributed by atoms with Crippen molar-refractivity contribution >= 4 is 29.5 Å². The topological polar surface area (TPSA) is 98.9 Å². The molecule has 2 N–H and O–H groups in total. The lowest BCUT2D eigenvalue weighted by atomic mass is 9.97. The van der Waals surface area contributed by atoms with Crippen LogP contribution in [0.25, 0.3) is 0 Å². The van der Waals surface area contributed by atoms with Gasteiger partial charge in [-0.05, 0) is 37.3 Å². The second-order valence-electron chi connectivity index (χ2n) is 5.72. The monoisotopic (exact) mass is 366 g/mol. The lowest BCUT2D eigenvalue weighted by Crippen LogP contribution is -2.45. The first kappa shape index (κ1) is 19.1. The normalized spacial score (nSPS) is 17.0. The molecule has 1 aliphatic rings. The molecule has 2 rings (SSSR count). The molecule has 1 fully saturated rings. The zero-order chi connectivity index (χ0) is 18.4. The van der Waals surface area contributed by atoms with Gasteiger partial charge in [-0.15, -0.1) is 11.8 Å². The number of esters is 1. The maximum Gasteiger partial charge on any atom is 0.342 e. The Morgan fingerprint density at radius 3 is 2.76 bits per heavy atom. The van der Waals surface area contributed by atoms with E-state index in [2.05, 4.69) is 0 Å². The molecule has 1 heterocycles. The second-order valence-corrected chi connectivity index (χ2v) is 6.60. The number of methoxy groups -OCH3 is 1. The molecule has 7 nitrogen and oxygen atoms in total. The lowest BCUT2D eigenvalue weighted by molar-refractivity contribution is -0.137. The number of benzene rings is 1. The van der Waals surface area contributed by atoms with Crippen molar-refractivity contribution in [2.75, 3.05) is 33.1 Å². The molecular formula is C17H22N2O5S. The molecule has 0 radical (unpaired) electrons. The van der Waals surface area contributed by atoms with Gasteiger partial charge in [0.2, 0.25) is 5.91 Å². The number of nitrogens with zero attached hydrogens (tertiary/aromatic N) is 1. The first-order chi connectivity index (χ1) is 12.0. The van der Waals surface area contributed by atoms with E-state index in [1.54, 1.807) is 18.2 Å². The smallest absolute Gasteiger partial charge is 0.342 e. The highest BCUT2D eigenvalue weighted by Gasteiger charge is 2.27. The molecule has 0 unspecified atom stereocenters. The number of hydrogen-bond acceptors (Lipinski definition) is 6. The van der Waals surface area contributed by atoms with Gasteiger partial charge in [-0.2, -0.15) is 0 Å². The Balaban J connectivity index is 1.95. The highest BCUT2D eigenvalue weighted by Crippen LogP contribution is 2.26. The van der Waals surface area contributed by atoms with Gasteiger partial charge in [-0.25, -0.2) is 4.79 Å². The average molecular weight is 366 g/mol. The number of carbonyl (C=O) groups excluding carboxylic acids is 3. The standard InChI is InChI=1S/C17H22N2O5S/c1-23-14-8-12(25-2)5-6-13(14)17(22)24-10-15(20)19-7-3-4-11(9-19)16(18)21/h5-6,8,11H,3-4,7,9-10H2,1-2H3,(H2,18,21)/t11-/m0/s1. The van der Waals surface area contributed by atoms with Crippen LogP contribution < -0.4 is 10.5 Å². The van der Waals surface area contributed by atoms with Gasteiger partial charge < -0.3 is 20.1 Å². The SMILES string of the molecule is COc1cc(SC)ccc1C(=O)OCC(=O)N1CCC[C@H](C(N)=O)C1. The van der Waals surface area contributed by atoms with E-state index in [0.717, 1.165) is 4.90 Å². The predicted molar refractivity (Wildman–Crippen MR) is 93.6 cm³/mol. The van der Waals surface area contributed by atoms with Gasteiger partial charge in [0.05, 0.1) is 13.0 Å². The van der Waals surface area contributed by atoms with Crippen molar-refractivity contribution < 1.29 is 23.9 Å². The van der Waals surface area contributed by atoms with E-state index in [1.165, 1.54) is 23.8 Å². The van der Waals surface area contributed by atoms with Crippen LogP contribution in [0, 0.1) is 5.92 Å². The molecule has 1 aromatic carbocycles. The number of thioether (sulfide) groups is 1. The van der Waals surface area contributed by atoms with Crippen LogP contribution in [0.3, 0.4) is 0 Å². The van der Waals surface area contributed by atoms with Gasteiger partial charge in [0.15, 0.2) is 6.61 Å². The molecular weight excluding hydrogens is 344 g/mol. The van der Waals surface area contributed by atoms with Crippen molar-refractivity contribution in [2.45, 2.75) is 17.7 Å². The minimum atomic E-state index is -0.624. The van der Waals surface area contributed by atoms with E-state index in [0.29, 0.717) is 25.1 Å². The zero-order valence-corrected chi connectivity index (χ0v) is 15.1. The number of piperidine rings is 1. The molecule has 0 bridgehead atoms. The number of ether oxygens (including phenoxy) is 2. The molecule has 0 aromatic heterocycles. The first-order valence-electron chi connectivity index (χ1n) is 7.92. The van der Waals surface area contributed by atoms with Crippen molar-refractivity contribution in [3.05, 3.63) is 23.8 Å². The summed E-state index contributed by atoms with van der Waals surface area (Å²) in [7, 11) is 1.47. The lowest BCUT2D eigenvalue weighted by Gasteiger charge is -2.31. The highest BCUT2D eigenvalue weighted by atomic mass is 32.2. The number of carbonyl (C=O) groups is 3. The van der Waals surface area contributed by atoms with Crippen LogP contribution in [0.5, 0.6) is 5.75 Å². The molecule has 136 valence electrons. The van der Waals surface area contributed by atoms with Crippen LogP contribution in [0.2, 0.25) is 0 Å². The van der Waals surface area contributed by atoms with Crippen LogP contribution >= 0.6 is 11.8 Å². The Labute approximate surface area is 150 Å². The Kier molecular flexibility index (Phi) is 6.69. The van der Waals surface area contributed by atoms with Crippen LogP contribution in [-0.2, 0) is 14.3 Å². The van der Waals surface area contributed by atoms with E-state index in [-0.39, 0.29) is 30.5 Å². The van der Waals surface area contributed by atoms with E-state index >= 15 is 0 Å². The second kappa shape index (κ2) is 8.75. The van der Waals surface area contributed by atoms with Gasteiger partial charge >= 0.3 is 5.97 Å². The summed E-state index contributed by atoms with van der Waals surface area (Å²) in [5, 5.41) is 0. The van der Waals surface area contributed by atoms with Gasteiger partial charge in [-0.1, -0.05) is 0 Å². The summed E-state index contributed by atoms with van der Waals surface area (Å²) in [6.07, 6.45) is 3.30. The van der Waals surface area contributed by atoms with Gasteiger partial charge in [0.1, 0.15) is 11.3 Å². The largest absolute Gasteiger partial charge is 0.496 e. The molecule has 2 amide bonds. The van der Waals surface area contributed by atoms with E-state index in [9.17, 15) is 14.4 Å². The molecule has 25 heavy (non-hydrogen) atoms. The fourth-order valence-corrected chi connectivity index (χ4v) is 3.13. The van der Waals surface area contributed by atoms with E-state index in [4.69, 9.17) is 15.2 Å². The number of likely N-dealkylation sites (tertiary alicyclic amines) is 1. The molecule has 0 aliphatic carbocycles. The molecule has 1 aliphatic heterocycles. The first-order valence-corrected chi connectivity index (χ1v) is 9.15. The average Bonchev–Trinajstić information content (AvgIpc) is 2.65. The van der Waals surface area contributed by atoms with Crippen LogP contribution in [0.1, 0.15) is 23.2 Å². The van der Waals surface area contributed by atoms with Gasteiger partial charge in [0, 0.05) is 18.0 Å². The number of primary amides is 1. The zero-order valence-electron chi connectivity index (χ0n) is 14.3. The third kappa shape index (κ3) is 4.88. The maximum atomic E-state index is 12.2. The van der Waals surface area contributed by atoms with Crippen LogP contribution in [-0.4, -0.2) is 55.7 Å². The van der Waals surface area contributed by atoms with Crippen molar-refractivity contribution in [3.63, 3.8) is 0 Å². The van der Waals surface area contributed by atoms with Crippen molar-refractivity contribution in [3.8, 4) is 5.75 Å². The maximum absolute atomic E-state index is 12.2. The van der Waals surface area contributed by atoms with Gasteiger partial charge in [-0.3, -0.25) is 9.59 Å². The summed E-state index contributed by atoms with van der Waals surface area (Å²) < 4.78 is 10.3. The molecule has 0 spiro atoms.